The molecule has 0 spiro atoms. The third-order valence-electron chi connectivity index (χ3n) is 5.45. The Labute approximate surface area is 207 Å². The summed E-state index contributed by atoms with van der Waals surface area (Å²) in [6.07, 6.45) is 0. The number of benzene rings is 4. The second kappa shape index (κ2) is 9.72. The highest BCUT2D eigenvalue weighted by molar-refractivity contribution is 7.86. The maximum absolute atomic E-state index is 12.0. The average Bonchev–Trinajstić information content (AvgIpc) is 2.83. The summed E-state index contributed by atoms with van der Waals surface area (Å²) in [5, 5.41) is 27.9. The van der Waals surface area contributed by atoms with E-state index in [0.717, 1.165) is 5.56 Å². The number of azo groups is 2. The minimum Gasteiger partial charge on any atom is -0.505 e. The molecule has 4 aromatic carbocycles. The predicted molar refractivity (Wildman–Crippen MR) is 137 cm³/mol. The van der Waals surface area contributed by atoms with E-state index >= 15 is 0 Å². The van der Waals surface area contributed by atoms with Gasteiger partial charge in [-0.25, -0.2) is 0 Å². The lowest BCUT2D eigenvalue weighted by Gasteiger charge is -2.11. The van der Waals surface area contributed by atoms with Gasteiger partial charge in [0.1, 0.15) is 22.0 Å². The summed E-state index contributed by atoms with van der Waals surface area (Å²) >= 11 is 0. The number of anilines is 1. The van der Waals surface area contributed by atoms with Gasteiger partial charge in [-0.2, -0.15) is 18.6 Å². The van der Waals surface area contributed by atoms with Crippen LogP contribution in [-0.2, 0) is 10.1 Å². The number of fused-ring (bicyclic) bond motifs is 1. The number of phenols is 1. The molecule has 36 heavy (non-hydrogen) atoms. The fourth-order valence-corrected chi connectivity index (χ4v) is 4.22. The molecule has 0 aliphatic heterocycles. The van der Waals surface area contributed by atoms with Crippen LogP contribution >= 0.6 is 0 Å². The summed E-state index contributed by atoms with van der Waals surface area (Å²) < 4.78 is 39.2. The van der Waals surface area contributed by atoms with Gasteiger partial charge < -0.3 is 15.6 Å². The van der Waals surface area contributed by atoms with Crippen LogP contribution in [0.15, 0.2) is 86.0 Å². The zero-order valence-corrected chi connectivity index (χ0v) is 20.5. The molecule has 11 heteroatoms. The van der Waals surface area contributed by atoms with E-state index in [1.807, 2.05) is 31.2 Å². The number of nitrogen functional groups attached to an aromatic ring is 1. The number of nitrogens with two attached hydrogens (primary N) is 1. The number of hydrogen-bond donors (Lipinski definition) is 3. The minimum absolute atomic E-state index is 0.189. The maximum atomic E-state index is 12.0. The molecule has 0 heterocycles. The van der Waals surface area contributed by atoms with Crippen molar-refractivity contribution in [3.8, 4) is 11.5 Å². The highest BCUT2D eigenvalue weighted by Crippen LogP contribution is 2.44. The van der Waals surface area contributed by atoms with Gasteiger partial charge in [0.05, 0.1) is 18.5 Å². The molecular formula is C25H23N5O5S. The molecule has 0 atom stereocenters. The average molecular weight is 506 g/mol. The Kier molecular flexibility index (Phi) is 6.69. The van der Waals surface area contributed by atoms with Gasteiger partial charge in [-0.05, 0) is 55.1 Å². The fraction of sp³-hybridized carbons (Fsp3) is 0.120. The van der Waals surface area contributed by atoms with Crippen molar-refractivity contribution in [2.75, 3.05) is 12.8 Å². The van der Waals surface area contributed by atoms with Crippen molar-refractivity contribution in [2.45, 2.75) is 18.7 Å². The molecule has 0 amide bonds. The van der Waals surface area contributed by atoms with E-state index in [-0.39, 0.29) is 22.5 Å². The van der Waals surface area contributed by atoms with Gasteiger partial charge in [-0.15, -0.1) is 10.2 Å². The summed E-state index contributed by atoms with van der Waals surface area (Å²) in [5.41, 5.74) is 8.99. The monoisotopic (exact) mass is 505 g/mol. The van der Waals surface area contributed by atoms with Crippen molar-refractivity contribution >= 4 is 49.3 Å². The molecular weight excluding hydrogens is 482 g/mol. The second-order valence-electron chi connectivity index (χ2n) is 8.04. The molecule has 0 unspecified atom stereocenters. The van der Waals surface area contributed by atoms with Gasteiger partial charge in [-0.1, -0.05) is 29.8 Å². The SMILES string of the molecule is COc1cc(N=Nc2ccc(C)cc2)c(C)cc1N=Nc1c(S(=O)(=O)O)cc2cccc(N)c2c1O. The first-order chi connectivity index (χ1) is 17.1. The first kappa shape index (κ1) is 24.8. The number of nitrogens with zero attached hydrogens (tertiary/aromatic N) is 4. The molecule has 0 saturated heterocycles. The Balaban J connectivity index is 1.78. The van der Waals surface area contributed by atoms with Crippen LogP contribution in [0.2, 0.25) is 0 Å². The standard InChI is InChI=1S/C25H23N5O5S/c1-14-7-9-17(10-8-14)27-28-19-13-21(35-3)20(11-15(19)2)29-30-24-22(36(32,33)34)12-16-5-4-6-18(26)23(16)25(24)31/h4-13,31H,26H2,1-3H3,(H,32,33,34). The van der Waals surface area contributed by atoms with E-state index in [9.17, 15) is 18.1 Å². The Morgan fingerprint density at radius 3 is 2.25 bits per heavy atom. The fourth-order valence-electron chi connectivity index (χ4n) is 3.56. The lowest BCUT2D eigenvalue weighted by atomic mass is 10.1. The van der Waals surface area contributed by atoms with Crippen LogP contribution in [0.1, 0.15) is 11.1 Å². The van der Waals surface area contributed by atoms with E-state index in [0.29, 0.717) is 22.3 Å². The largest absolute Gasteiger partial charge is 0.505 e. The number of aryl methyl sites for hydroxylation is 2. The maximum Gasteiger partial charge on any atom is 0.296 e. The van der Waals surface area contributed by atoms with E-state index in [4.69, 9.17) is 10.5 Å². The Morgan fingerprint density at radius 2 is 1.58 bits per heavy atom. The molecule has 10 nitrogen and oxygen atoms in total. The van der Waals surface area contributed by atoms with Gasteiger partial charge in [0.25, 0.3) is 10.1 Å². The molecule has 4 rings (SSSR count). The van der Waals surface area contributed by atoms with Crippen LogP contribution in [0.3, 0.4) is 0 Å². The number of ether oxygens (including phenoxy) is 1. The van der Waals surface area contributed by atoms with Crippen molar-refractivity contribution in [2.24, 2.45) is 20.5 Å². The Bertz CT molecular complexity index is 1630. The lowest BCUT2D eigenvalue weighted by molar-refractivity contribution is 0.416. The number of hydrogen-bond acceptors (Lipinski definition) is 9. The molecule has 0 bridgehead atoms. The zero-order valence-electron chi connectivity index (χ0n) is 19.7. The summed E-state index contributed by atoms with van der Waals surface area (Å²) in [4.78, 5) is -0.610. The Morgan fingerprint density at radius 1 is 0.889 bits per heavy atom. The summed E-state index contributed by atoms with van der Waals surface area (Å²) in [7, 11) is -3.31. The quantitative estimate of drug-likeness (QED) is 0.148. The molecule has 0 saturated carbocycles. The smallest absolute Gasteiger partial charge is 0.296 e. The molecule has 0 aliphatic rings. The number of aromatic hydroxyl groups is 1. The van der Waals surface area contributed by atoms with Crippen molar-refractivity contribution in [3.05, 3.63) is 71.8 Å². The van der Waals surface area contributed by atoms with Crippen LogP contribution in [0.5, 0.6) is 11.5 Å². The van der Waals surface area contributed by atoms with Gasteiger partial charge >= 0.3 is 0 Å². The van der Waals surface area contributed by atoms with E-state index in [1.54, 1.807) is 37.3 Å². The molecule has 4 aromatic rings. The van der Waals surface area contributed by atoms with Crippen LogP contribution in [0.4, 0.5) is 28.4 Å². The van der Waals surface area contributed by atoms with Crippen molar-refractivity contribution in [1.29, 1.82) is 0 Å². The topological polar surface area (TPSA) is 159 Å². The predicted octanol–water partition coefficient (Wildman–Crippen LogP) is 6.83. The highest BCUT2D eigenvalue weighted by atomic mass is 32.2. The van der Waals surface area contributed by atoms with Gasteiger partial charge in [-0.3, -0.25) is 4.55 Å². The molecule has 0 fully saturated rings. The molecule has 0 aliphatic carbocycles. The lowest BCUT2D eigenvalue weighted by Crippen LogP contribution is -1.99. The summed E-state index contributed by atoms with van der Waals surface area (Å²) in [6, 6.07) is 16.7. The van der Waals surface area contributed by atoms with Crippen LogP contribution in [0.25, 0.3) is 10.8 Å². The van der Waals surface area contributed by atoms with Crippen molar-refractivity contribution in [1.82, 2.24) is 0 Å². The molecule has 0 radical (unpaired) electrons. The van der Waals surface area contributed by atoms with Crippen LogP contribution < -0.4 is 10.5 Å². The summed E-state index contributed by atoms with van der Waals surface area (Å²) in [6.45, 7) is 3.77. The minimum atomic E-state index is -4.74. The number of rotatable bonds is 6. The zero-order chi connectivity index (χ0) is 26.0. The van der Waals surface area contributed by atoms with Crippen molar-refractivity contribution in [3.63, 3.8) is 0 Å². The third kappa shape index (κ3) is 5.02. The van der Waals surface area contributed by atoms with E-state index in [2.05, 4.69) is 20.5 Å². The Hall–Kier alpha value is -4.35. The van der Waals surface area contributed by atoms with Gasteiger partial charge in [0.15, 0.2) is 5.75 Å². The van der Waals surface area contributed by atoms with Crippen molar-refractivity contribution < 1.29 is 22.8 Å². The second-order valence-corrected chi connectivity index (χ2v) is 9.43. The number of methoxy groups -OCH3 is 1. The van der Waals surface area contributed by atoms with E-state index in [1.165, 1.54) is 13.2 Å². The van der Waals surface area contributed by atoms with Gasteiger partial charge in [0.2, 0.25) is 0 Å². The highest BCUT2D eigenvalue weighted by Gasteiger charge is 2.23. The van der Waals surface area contributed by atoms with Crippen LogP contribution in [0, 0.1) is 13.8 Å². The van der Waals surface area contributed by atoms with Gasteiger partial charge in [0, 0.05) is 17.1 Å². The molecule has 0 aromatic heterocycles. The first-order valence-corrected chi connectivity index (χ1v) is 12.1. The first-order valence-electron chi connectivity index (χ1n) is 10.7. The molecule has 4 N–H and O–H groups in total. The third-order valence-corrected chi connectivity index (χ3v) is 6.32. The van der Waals surface area contributed by atoms with Crippen LogP contribution in [-0.4, -0.2) is 25.2 Å². The molecule has 184 valence electrons. The normalized spacial score (nSPS) is 12.1. The number of phenolic OH excluding ortho intramolecular Hbond substituents is 1. The van der Waals surface area contributed by atoms with E-state index < -0.39 is 26.5 Å². The summed E-state index contributed by atoms with van der Waals surface area (Å²) in [5.74, 6) is -0.239.